The Morgan fingerprint density at radius 2 is 1.77 bits per heavy atom. The Morgan fingerprint density at radius 3 is 2.27 bits per heavy atom. The van der Waals surface area contributed by atoms with Crippen molar-refractivity contribution in [2.45, 2.75) is 64.5 Å². The van der Waals surface area contributed by atoms with Crippen LogP contribution >= 0.6 is 0 Å². The summed E-state index contributed by atoms with van der Waals surface area (Å²) in [6.07, 6.45) is 8.55. The van der Waals surface area contributed by atoms with Crippen LogP contribution in [0.25, 0.3) is 5.57 Å². The largest absolute Gasteiger partial charge is 0.243 e. The number of benzene rings is 1. The van der Waals surface area contributed by atoms with Crippen molar-refractivity contribution in [3.05, 3.63) is 65.8 Å². The van der Waals surface area contributed by atoms with Gasteiger partial charge in [0, 0.05) is 0 Å². The average Bonchev–Trinajstić information content (AvgIpc) is 2.62. The van der Waals surface area contributed by atoms with E-state index >= 15 is 0 Å². The van der Waals surface area contributed by atoms with Crippen LogP contribution in [0.5, 0.6) is 0 Å². The zero-order valence-electron chi connectivity index (χ0n) is 15.8. The molecule has 1 fully saturated rings. The first-order valence-corrected chi connectivity index (χ1v) is 9.58. The maximum atomic E-state index is 13.6. The molecular weight excluding hydrogens is 333 g/mol. The molecule has 0 bridgehead atoms. The van der Waals surface area contributed by atoms with Crippen molar-refractivity contribution in [3.63, 3.8) is 0 Å². The molecule has 0 unspecified atom stereocenters. The van der Waals surface area contributed by atoms with Gasteiger partial charge in [0.25, 0.3) is 0 Å². The van der Waals surface area contributed by atoms with E-state index in [0.29, 0.717) is 17.1 Å². The molecule has 1 aromatic rings. The molecular formula is C23H29F3. The molecule has 1 atom stereocenters. The van der Waals surface area contributed by atoms with Crippen molar-refractivity contribution in [1.82, 2.24) is 0 Å². The van der Waals surface area contributed by atoms with Crippen LogP contribution in [-0.2, 0) is 0 Å². The lowest BCUT2D eigenvalue weighted by Gasteiger charge is -2.28. The smallest absolute Gasteiger partial charge is 0.158 e. The second-order valence-electron chi connectivity index (χ2n) is 7.33. The lowest BCUT2D eigenvalue weighted by molar-refractivity contribution is 0.308. The molecule has 0 radical (unpaired) electrons. The first kappa shape index (κ1) is 20.5. The topological polar surface area (TPSA) is 0 Å². The Morgan fingerprint density at radius 1 is 1.15 bits per heavy atom. The molecule has 1 aliphatic carbocycles. The van der Waals surface area contributed by atoms with Crippen LogP contribution in [0.15, 0.2) is 54.7 Å². The molecule has 26 heavy (non-hydrogen) atoms. The van der Waals surface area contributed by atoms with Gasteiger partial charge in [-0.2, -0.15) is 0 Å². The average molecular weight is 362 g/mol. The normalized spacial score (nSPS) is 23.0. The Hall–Kier alpha value is -1.77. The molecule has 0 amide bonds. The van der Waals surface area contributed by atoms with E-state index < -0.39 is 17.8 Å². The van der Waals surface area contributed by atoms with E-state index in [0.717, 1.165) is 12.0 Å². The molecule has 0 aromatic heterocycles. The van der Waals surface area contributed by atoms with Gasteiger partial charge < -0.3 is 0 Å². The minimum absolute atomic E-state index is 0.328. The van der Waals surface area contributed by atoms with E-state index in [2.05, 4.69) is 13.5 Å². The molecule has 3 heteroatoms. The van der Waals surface area contributed by atoms with Gasteiger partial charge in [0.15, 0.2) is 11.7 Å². The Balaban J connectivity index is 2.14. The number of rotatable bonds is 7. The molecule has 0 aliphatic heterocycles. The summed E-state index contributed by atoms with van der Waals surface area (Å²) in [5, 5.41) is 0. The second-order valence-corrected chi connectivity index (χ2v) is 7.33. The molecule has 0 spiro atoms. The molecule has 2 rings (SSSR count). The molecule has 0 N–H and O–H groups in total. The highest BCUT2D eigenvalue weighted by Crippen LogP contribution is 2.37. The van der Waals surface area contributed by atoms with Gasteiger partial charge in [-0.25, -0.2) is 13.2 Å². The minimum atomic E-state index is -1.25. The molecule has 0 nitrogen and oxygen atoms in total. The monoisotopic (exact) mass is 362 g/mol. The van der Waals surface area contributed by atoms with Crippen LogP contribution in [0.1, 0.15) is 69.4 Å². The van der Waals surface area contributed by atoms with Crippen LogP contribution < -0.4 is 0 Å². The van der Waals surface area contributed by atoms with Crippen LogP contribution in [0, 0.1) is 5.92 Å². The zero-order valence-corrected chi connectivity index (χ0v) is 15.8. The van der Waals surface area contributed by atoms with Gasteiger partial charge in [0.1, 0.15) is 6.17 Å². The highest BCUT2D eigenvalue weighted by molar-refractivity contribution is 5.75. The van der Waals surface area contributed by atoms with Gasteiger partial charge in [-0.05, 0) is 73.3 Å². The third-order valence-electron chi connectivity index (χ3n) is 5.21. The van der Waals surface area contributed by atoms with Gasteiger partial charge in [0.05, 0.1) is 0 Å². The van der Waals surface area contributed by atoms with E-state index in [4.69, 9.17) is 0 Å². The summed E-state index contributed by atoms with van der Waals surface area (Å²) < 4.78 is 40.0. The fraction of sp³-hybridized carbons (Fsp3) is 0.478. The summed E-state index contributed by atoms with van der Waals surface area (Å²) in [5.41, 5.74) is 2.28. The predicted molar refractivity (Wildman–Crippen MR) is 104 cm³/mol. The minimum Gasteiger partial charge on any atom is -0.243 e. The van der Waals surface area contributed by atoms with Crippen molar-refractivity contribution >= 4 is 5.57 Å². The first-order chi connectivity index (χ1) is 12.4. The summed E-state index contributed by atoms with van der Waals surface area (Å²) in [6.45, 7) is 6.54. The van der Waals surface area contributed by atoms with Crippen LogP contribution in [-0.4, -0.2) is 6.17 Å². The van der Waals surface area contributed by atoms with Crippen molar-refractivity contribution < 1.29 is 13.2 Å². The molecule has 142 valence electrons. The standard InChI is InChI=1S/C23H29F3/c1-4-5-18-6-8-19(9-7-18)20-10-12-21(13-11-20)22(14-16(2)24)15-23(26)17(3)25/h10-16,18-19H,3-9H2,1-2H3/b22-14+,23-15+/t16-,18?,19?/m1/s1. The van der Waals surface area contributed by atoms with Crippen molar-refractivity contribution in [2.24, 2.45) is 5.92 Å². The summed E-state index contributed by atoms with van der Waals surface area (Å²) in [5.74, 6) is -0.807. The maximum Gasteiger partial charge on any atom is 0.158 e. The Bertz CT molecular complexity index is 645. The lowest BCUT2D eigenvalue weighted by Crippen LogP contribution is -2.13. The Kier molecular flexibility index (Phi) is 7.74. The lowest BCUT2D eigenvalue weighted by atomic mass is 9.77. The molecule has 1 aromatic carbocycles. The fourth-order valence-corrected chi connectivity index (χ4v) is 3.83. The summed E-state index contributed by atoms with van der Waals surface area (Å²) in [6, 6.07) is 7.80. The first-order valence-electron chi connectivity index (χ1n) is 9.58. The number of alkyl halides is 1. The van der Waals surface area contributed by atoms with Crippen molar-refractivity contribution in [1.29, 1.82) is 0 Å². The highest BCUT2D eigenvalue weighted by atomic mass is 19.2. The van der Waals surface area contributed by atoms with Gasteiger partial charge in [-0.1, -0.05) is 50.6 Å². The predicted octanol–water partition coefficient (Wildman–Crippen LogP) is 7.84. The van der Waals surface area contributed by atoms with E-state index in [1.807, 2.05) is 24.3 Å². The highest BCUT2D eigenvalue weighted by Gasteiger charge is 2.21. The van der Waals surface area contributed by atoms with Gasteiger partial charge >= 0.3 is 0 Å². The second kappa shape index (κ2) is 9.80. The van der Waals surface area contributed by atoms with Crippen LogP contribution in [0.4, 0.5) is 13.2 Å². The van der Waals surface area contributed by atoms with Gasteiger partial charge in [-0.15, -0.1) is 0 Å². The van der Waals surface area contributed by atoms with E-state index in [-0.39, 0.29) is 0 Å². The van der Waals surface area contributed by atoms with Crippen LogP contribution in [0.3, 0.4) is 0 Å². The third-order valence-corrected chi connectivity index (χ3v) is 5.21. The summed E-state index contributed by atoms with van der Waals surface area (Å²) in [4.78, 5) is 0. The number of allylic oxidation sites excluding steroid dienone is 5. The van der Waals surface area contributed by atoms with E-state index in [1.54, 1.807) is 0 Å². The van der Waals surface area contributed by atoms with Gasteiger partial charge in [-0.3, -0.25) is 0 Å². The molecule has 0 saturated heterocycles. The van der Waals surface area contributed by atoms with Crippen LogP contribution in [0.2, 0.25) is 0 Å². The van der Waals surface area contributed by atoms with Gasteiger partial charge in [0.2, 0.25) is 0 Å². The number of hydrogen-bond donors (Lipinski definition) is 0. The SMILES string of the molecule is C=C(F)/C(F)=C\C(=C/[C@@H](C)F)c1ccc(C2CCC(CCC)CC2)cc1. The zero-order chi connectivity index (χ0) is 19.1. The quantitative estimate of drug-likeness (QED) is 0.433. The molecule has 0 heterocycles. The maximum absolute atomic E-state index is 13.6. The van der Waals surface area contributed by atoms with Crippen molar-refractivity contribution in [3.8, 4) is 0 Å². The van der Waals surface area contributed by atoms with E-state index in [1.165, 1.54) is 57.1 Å². The number of halogens is 3. The number of hydrogen-bond acceptors (Lipinski definition) is 0. The third kappa shape index (κ3) is 5.89. The molecule has 1 saturated carbocycles. The Labute approximate surface area is 155 Å². The fourth-order valence-electron chi connectivity index (χ4n) is 3.83. The molecule has 1 aliphatic rings. The van der Waals surface area contributed by atoms with Crippen molar-refractivity contribution in [2.75, 3.05) is 0 Å². The van der Waals surface area contributed by atoms with E-state index in [9.17, 15) is 13.2 Å². The summed E-state index contributed by atoms with van der Waals surface area (Å²) in [7, 11) is 0. The summed E-state index contributed by atoms with van der Waals surface area (Å²) >= 11 is 0.